The molecule has 0 bridgehead atoms. The van der Waals surface area contributed by atoms with Crippen molar-refractivity contribution < 1.29 is 23.3 Å². The van der Waals surface area contributed by atoms with Crippen LogP contribution in [0, 0.1) is 12.7 Å². The highest BCUT2D eigenvalue weighted by atomic mass is 19.1. The van der Waals surface area contributed by atoms with E-state index < -0.39 is 0 Å². The number of hydrogen-bond acceptors (Lipinski definition) is 8. The molecule has 1 N–H and O–H groups in total. The van der Waals surface area contributed by atoms with Gasteiger partial charge in [-0.05, 0) is 37.1 Å². The lowest BCUT2D eigenvalue weighted by molar-refractivity contribution is -0.116. The molecule has 3 heterocycles. The SMILES string of the molecule is COc1cc2ncnc(Nc3ccc(C)cc3F)c2cc1OCCCN1CC2OCCOC2C1. The van der Waals surface area contributed by atoms with Gasteiger partial charge in [-0.3, -0.25) is 4.90 Å². The molecule has 3 aromatic rings. The third kappa shape index (κ3) is 4.91. The Kier molecular flexibility index (Phi) is 6.75. The van der Waals surface area contributed by atoms with Gasteiger partial charge in [-0.25, -0.2) is 14.4 Å². The standard InChI is InChI=1S/C25H29FN4O4/c1-16-4-5-19(18(26)10-16)29-25-17-11-22(21(31-2)12-20(17)27-15-28-25)32-7-3-6-30-13-23-24(14-30)34-9-8-33-23/h4-5,10-12,15,23-24H,3,6-9,13-14H2,1-2H3,(H,27,28,29). The lowest BCUT2D eigenvalue weighted by Gasteiger charge is -2.24. The fourth-order valence-corrected chi connectivity index (χ4v) is 4.48. The van der Waals surface area contributed by atoms with Gasteiger partial charge in [0.1, 0.15) is 18.0 Å². The number of rotatable bonds is 8. The Morgan fingerprint density at radius 1 is 1.09 bits per heavy atom. The van der Waals surface area contributed by atoms with E-state index >= 15 is 0 Å². The smallest absolute Gasteiger partial charge is 0.162 e. The number of aromatic nitrogens is 2. The van der Waals surface area contributed by atoms with Crippen molar-refractivity contribution in [1.82, 2.24) is 14.9 Å². The summed E-state index contributed by atoms with van der Waals surface area (Å²) in [5, 5.41) is 3.80. The first-order valence-electron chi connectivity index (χ1n) is 11.5. The highest BCUT2D eigenvalue weighted by Gasteiger charge is 2.36. The predicted molar refractivity (Wildman–Crippen MR) is 127 cm³/mol. The number of methoxy groups -OCH3 is 1. The largest absolute Gasteiger partial charge is 0.493 e. The number of benzene rings is 2. The molecule has 0 radical (unpaired) electrons. The zero-order valence-electron chi connectivity index (χ0n) is 19.4. The average Bonchev–Trinajstić information content (AvgIpc) is 3.26. The topological polar surface area (TPSA) is 78.0 Å². The van der Waals surface area contributed by atoms with Crippen LogP contribution < -0.4 is 14.8 Å². The van der Waals surface area contributed by atoms with Gasteiger partial charge in [-0.2, -0.15) is 0 Å². The summed E-state index contributed by atoms with van der Waals surface area (Å²) in [6.07, 6.45) is 2.66. The Balaban J connectivity index is 1.27. The number of aryl methyl sites for hydroxylation is 1. The maximum atomic E-state index is 14.4. The number of nitrogens with one attached hydrogen (secondary N) is 1. The minimum atomic E-state index is -0.339. The molecule has 2 aromatic carbocycles. The number of fused-ring (bicyclic) bond motifs is 2. The zero-order valence-corrected chi connectivity index (χ0v) is 19.4. The van der Waals surface area contributed by atoms with Crippen molar-refractivity contribution in [1.29, 1.82) is 0 Å². The minimum absolute atomic E-state index is 0.180. The summed E-state index contributed by atoms with van der Waals surface area (Å²) in [7, 11) is 1.60. The summed E-state index contributed by atoms with van der Waals surface area (Å²) in [5.41, 5.74) is 1.88. The molecule has 180 valence electrons. The summed E-state index contributed by atoms with van der Waals surface area (Å²) in [4.78, 5) is 11.0. The van der Waals surface area contributed by atoms with Crippen molar-refractivity contribution in [2.45, 2.75) is 25.6 Å². The van der Waals surface area contributed by atoms with E-state index in [-0.39, 0.29) is 18.0 Å². The van der Waals surface area contributed by atoms with Crippen molar-refractivity contribution in [2.24, 2.45) is 0 Å². The van der Waals surface area contributed by atoms with E-state index in [0.717, 1.165) is 37.0 Å². The van der Waals surface area contributed by atoms with Crippen LogP contribution in [0.15, 0.2) is 36.7 Å². The molecule has 9 heteroatoms. The summed E-state index contributed by atoms with van der Waals surface area (Å²) in [6.45, 7) is 6.42. The molecule has 2 aliphatic rings. The molecular weight excluding hydrogens is 439 g/mol. The van der Waals surface area contributed by atoms with Gasteiger partial charge in [0.25, 0.3) is 0 Å². The minimum Gasteiger partial charge on any atom is -0.493 e. The molecule has 2 atom stereocenters. The van der Waals surface area contributed by atoms with Crippen molar-refractivity contribution in [3.05, 3.63) is 48.0 Å². The maximum Gasteiger partial charge on any atom is 0.162 e. The maximum absolute atomic E-state index is 14.4. The summed E-state index contributed by atoms with van der Waals surface area (Å²) >= 11 is 0. The molecule has 1 aromatic heterocycles. The van der Waals surface area contributed by atoms with Crippen LogP contribution in [0.2, 0.25) is 0 Å². The van der Waals surface area contributed by atoms with Crippen molar-refractivity contribution in [3.63, 3.8) is 0 Å². The van der Waals surface area contributed by atoms with Gasteiger partial charge in [0, 0.05) is 31.1 Å². The molecule has 34 heavy (non-hydrogen) atoms. The van der Waals surface area contributed by atoms with Crippen LogP contribution in [0.4, 0.5) is 15.9 Å². The van der Waals surface area contributed by atoms with Crippen LogP contribution >= 0.6 is 0 Å². The summed E-state index contributed by atoms with van der Waals surface area (Å²) < 4.78 is 37.6. The van der Waals surface area contributed by atoms with Crippen LogP contribution in [0.1, 0.15) is 12.0 Å². The zero-order chi connectivity index (χ0) is 23.5. The molecule has 2 saturated heterocycles. The van der Waals surface area contributed by atoms with Gasteiger partial charge < -0.3 is 24.3 Å². The summed E-state index contributed by atoms with van der Waals surface area (Å²) in [5.74, 6) is 1.35. The molecule has 0 spiro atoms. The van der Waals surface area contributed by atoms with E-state index in [4.69, 9.17) is 18.9 Å². The second-order valence-corrected chi connectivity index (χ2v) is 8.63. The van der Waals surface area contributed by atoms with Gasteiger partial charge >= 0.3 is 0 Å². The molecule has 0 aliphatic carbocycles. The van der Waals surface area contributed by atoms with E-state index in [1.54, 1.807) is 13.2 Å². The fraction of sp³-hybridized carbons (Fsp3) is 0.440. The Morgan fingerprint density at radius 2 is 1.88 bits per heavy atom. The molecule has 2 fully saturated rings. The molecule has 2 aliphatic heterocycles. The molecular formula is C25H29FN4O4. The van der Waals surface area contributed by atoms with Gasteiger partial charge in [-0.1, -0.05) is 6.07 Å². The number of halogens is 1. The lowest BCUT2D eigenvalue weighted by Crippen LogP contribution is -2.36. The Hall–Kier alpha value is -3.01. The van der Waals surface area contributed by atoms with Crippen LogP contribution in [0.3, 0.4) is 0 Å². The first-order valence-corrected chi connectivity index (χ1v) is 11.5. The fourth-order valence-electron chi connectivity index (χ4n) is 4.48. The third-order valence-corrected chi connectivity index (χ3v) is 6.21. The average molecular weight is 469 g/mol. The highest BCUT2D eigenvalue weighted by Crippen LogP contribution is 2.35. The van der Waals surface area contributed by atoms with Gasteiger partial charge in [-0.15, -0.1) is 0 Å². The Labute approximate surface area is 198 Å². The lowest BCUT2D eigenvalue weighted by atomic mass is 10.2. The van der Waals surface area contributed by atoms with Crippen molar-refractivity contribution >= 4 is 22.4 Å². The molecule has 5 rings (SSSR count). The Morgan fingerprint density at radius 3 is 2.62 bits per heavy atom. The quantitative estimate of drug-likeness (QED) is 0.502. The summed E-state index contributed by atoms with van der Waals surface area (Å²) in [6, 6.07) is 8.68. The van der Waals surface area contributed by atoms with E-state index in [1.807, 2.05) is 25.1 Å². The van der Waals surface area contributed by atoms with Crippen LogP contribution in [0.25, 0.3) is 10.9 Å². The number of nitrogens with zero attached hydrogens (tertiary/aromatic N) is 3. The number of likely N-dealkylation sites (tertiary alicyclic amines) is 1. The number of ether oxygens (including phenoxy) is 4. The van der Waals surface area contributed by atoms with Crippen molar-refractivity contribution in [3.8, 4) is 11.5 Å². The van der Waals surface area contributed by atoms with Gasteiger partial charge in [0.2, 0.25) is 0 Å². The van der Waals surface area contributed by atoms with E-state index in [2.05, 4.69) is 20.2 Å². The van der Waals surface area contributed by atoms with Crippen LogP contribution in [-0.4, -0.2) is 73.6 Å². The Bertz CT molecular complexity index is 1150. The number of anilines is 2. The molecule has 0 amide bonds. The van der Waals surface area contributed by atoms with Crippen LogP contribution in [0.5, 0.6) is 11.5 Å². The molecule has 2 unspecified atom stereocenters. The highest BCUT2D eigenvalue weighted by molar-refractivity contribution is 5.93. The van der Waals surface area contributed by atoms with Crippen LogP contribution in [-0.2, 0) is 9.47 Å². The van der Waals surface area contributed by atoms with Gasteiger partial charge in [0.15, 0.2) is 11.5 Å². The predicted octanol–water partition coefficient (Wildman–Crippen LogP) is 3.70. The first kappa shape index (κ1) is 22.8. The van der Waals surface area contributed by atoms with E-state index in [0.29, 0.717) is 48.3 Å². The van der Waals surface area contributed by atoms with E-state index in [1.165, 1.54) is 12.4 Å². The second kappa shape index (κ2) is 10.1. The molecule has 8 nitrogen and oxygen atoms in total. The monoisotopic (exact) mass is 468 g/mol. The second-order valence-electron chi connectivity index (χ2n) is 8.63. The van der Waals surface area contributed by atoms with E-state index in [9.17, 15) is 4.39 Å². The number of hydrogen-bond donors (Lipinski definition) is 1. The third-order valence-electron chi connectivity index (χ3n) is 6.21. The normalized spacial score (nSPS) is 20.3. The van der Waals surface area contributed by atoms with Gasteiger partial charge in [0.05, 0.1) is 50.3 Å². The molecule has 0 saturated carbocycles. The van der Waals surface area contributed by atoms with Crippen molar-refractivity contribution in [2.75, 3.05) is 51.9 Å². The first-order chi connectivity index (χ1) is 16.6.